The Hall–Kier alpha value is -3.04. The fraction of sp³-hybridized carbons (Fsp3) is 0.286. The van der Waals surface area contributed by atoms with Gasteiger partial charge in [0.05, 0.1) is 17.0 Å². The van der Waals surface area contributed by atoms with Gasteiger partial charge in [-0.15, -0.1) is 0 Å². The second-order valence-corrected chi connectivity index (χ2v) is 9.13. The van der Waals surface area contributed by atoms with Gasteiger partial charge in [-0.05, 0) is 30.7 Å². The Kier molecular flexibility index (Phi) is 6.04. The van der Waals surface area contributed by atoms with Gasteiger partial charge in [-0.25, -0.2) is 12.7 Å². The molecule has 0 bridgehead atoms. The lowest BCUT2D eigenvalue weighted by atomic mass is 10.1. The van der Waals surface area contributed by atoms with Crippen LogP contribution < -0.4 is 4.74 Å². The van der Waals surface area contributed by atoms with Gasteiger partial charge in [-0.3, -0.25) is 19.3 Å². The quantitative estimate of drug-likeness (QED) is 0.513. The number of carbonyl (C=O) groups excluding carboxylic acids is 3. The highest BCUT2D eigenvalue weighted by atomic mass is 32.2. The largest absolute Gasteiger partial charge is 0.480 e. The van der Waals surface area contributed by atoms with Gasteiger partial charge in [0.25, 0.3) is 11.8 Å². The number of nitrogens with zero attached hydrogens (tertiary/aromatic N) is 2. The highest BCUT2D eigenvalue weighted by Gasteiger charge is 2.36. The van der Waals surface area contributed by atoms with Gasteiger partial charge in [-0.2, -0.15) is 0 Å². The van der Waals surface area contributed by atoms with Crippen LogP contribution in [0.3, 0.4) is 0 Å². The van der Waals surface area contributed by atoms with E-state index in [2.05, 4.69) is 0 Å². The van der Waals surface area contributed by atoms with Gasteiger partial charge in [0.2, 0.25) is 10.0 Å². The first-order valence-electron chi connectivity index (χ1n) is 9.34. The molecule has 2 amide bonds. The average molecular weight is 430 g/mol. The van der Waals surface area contributed by atoms with Crippen LogP contribution in [0.15, 0.2) is 53.4 Å². The van der Waals surface area contributed by atoms with Gasteiger partial charge >= 0.3 is 0 Å². The molecule has 0 spiro atoms. The fourth-order valence-electron chi connectivity index (χ4n) is 3.05. The van der Waals surface area contributed by atoms with Crippen LogP contribution in [-0.2, 0) is 14.8 Å². The van der Waals surface area contributed by atoms with Crippen molar-refractivity contribution in [2.75, 3.05) is 20.6 Å². The molecule has 0 radical (unpaired) electrons. The summed E-state index contributed by atoms with van der Waals surface area (Å²) in [6, 6.07) is 12.0. The van der Waals surface area contributed by atoms with Crippen LogP contribution >= 0.6 is 0 Å². The van der Waals surface area contributed by atoms with Gasteiger partial charge in [-0.1, -0.05) is 31.2 Å². The maximum absolute atomic E-state index is 13.0. The van der Waals surface area contributed by atoms with E-state index < -0.39 is 40.3 Å². The van der Waals surface area contributed by atoms with Crippen molar-refractivity contribution in [3.8, 4) is 5.75 Å². The van der Waals surface area contributed by atoms with Crippen molar-refractivity contribution in [2.24, 2.45) is 0 Å². The summed E-state index contributed by atoms with van der Waals surface area (Å²) in [5.41, 5.74) is 0.281. The Morgan fingerprint density at radius 1 is 1.10 bits per heavy atom. The summed E-state index contributed by atoms with van der Waals surface area (Å²) in [5, 5.41) is 0. The average Bonchev–Trinajstić information content (AvgIpc) is 2.83. The number of amides is 2. The molecule has 30 heavy (non-hydrogen) atoms. The Morgan fingerprint density at radius 2 is 1.80 bits per heavy atom. The number of imide groups is 1. The van der Waals surface area contributed by atoms with E-state index in [1.165, 1.54) is 44.4 Å². The first kappa shape index (κ1) is 21.7. The molecule has 0 saturated heterocycles. The smallest absolute Gasteiger partial charge is 0.270 e. The number of rotatable bonds is 6. The molecule has 0 N–H and O–H groups in total. The summed E-state index contributed by atoms with van der Waals surface area (Å²) in [6.07, 6.45) is -0.576. The highest BCUT2D eigenvalue weighted by molar-refractivity contribution is 7.89. The van der Waals surface area contributed by atoms with E-state index in [1.54, 1.807) is 25.1 Å². The molecule has 0 saturated carbocycles. The molecule has 2 aromatic rings. The Balaban J connectivity index is 1.94. The summed E-state index contributed by atoms with van der Waals surface area (Å²) in [4.78, 5) is 39.5. The summed E-state index contributed by atoms with van der Waals surface area (Å²) < 4.78 is 31.4. The zero-order chi connectivity index (χ0) is 22.1. The monoisotopic (exact) mass is 430 g/mol. The third-order valence-electron chi connectivity index (χ3n) is 4.78. The van der Waals surface area contributed by atoms with Crippen molar-refractivity contribution in [3.05, 3.63) is 59.7 Å². The van der Waals surface area contributed by atoms with Gasteiger partial charge in [0.15, 0.2) is 11.9 Å². The van der Waals surface area contributed by atoms with E-state index in [4.69, 9.17) is 4.74 Å². The summed E-state index contributed by atoms with van der Waals surface area (Å²) in [5.74, 6) is -1.50. The lowest BCUT2D eigenvalue weighted by Gasteiger charge is -2.21. The first-order chi connectivity index (χ1) is 14.2. The molecule has 9 heteroatoms. The van der Waals surface area contributed by atoms with E-state index in [1.807, 2.05) is 0 Å². The summed E-state index contributed by atoms with van der Waals surface area (Å²) >= 11 is 0. The number of ether oxygens (including phenoxy) is 1. The number of fused-ring (bicyclic) bond motifs is 1. The number of benzene rings is 2. The molecule has 2 aromatic carbocycles. The predicted molar refractivity (Wildman–Crippen MR) is 109 cm³/mol. The second-order valence-electron chi connectivity index (χ2n) is 6.98. The lowest BCUT2D eigenvalue weighted by molar-refractivity contribution is -0.135. The third-order valence-corrected chi connectivity index (χ3v) is 6.59. The van der Waals surface area contributed by atoms with E-state index in [-0.39, 0.29) is 21.8 Å². The third kappa shape index (κ3) is 3.99. The molecule has 0 aromatic heterocycles. The van der Waals surface area contributed by atoms with Crippen LogP contribution in [0.1, 0.15) is 34.1 Å². The number of carbonyl (C=O) groups is 3. The maximum atomic E-state index is 13.0. The zero-order valence-corrected chi connectivity index (χ0v) is 17.7. The number of sulfonamides is 1. The fourth-order valence-corrected chi connectivity index (χ4v) is 4.00. The molecule has 158 valence electrons. The lowest BCUT2D eigenvalue weighted by Crippen LogP contribution is -2.45. The standard InChI is InChI=1S/C21H22N2O6S/c1-4-18-21(26)23(20(25)16-10-5-6-11-19(16)29-18)13-17(24)14-8-7-9-15(12-14)30(27,28)22(2)3/h5-12,18H,4,13H2,1-3H3/t18-/m1/s1. The van der Waals surface area contributed by atoms with Gasteiger partial charge in [0, 0.05) is 19.7 Å². The van der Waals surface area contributed by atoms with Crippen LogP contribution in [0.4, 0.5) is 0 Å². The SMILES string of the molecule is CC[C@H]1Oc2ccccc2C(=O)N(CC(=O)c2cccc(S(=O)(=O)N(C)C)c2)C1=O. The highest BCUT2D eigenvalue weighted by Crippen LogP contribution is 2.26. The summed E-state index contributed by atoms with van der Waals surface area (Å²) in [7, 11) is -0.953. The minimum atomic E-state index is -3.73. The van der Waals surface area contributed by atoms with Crippen molar-refractivity contribution in [2.45, 2.75) is 24.3 Å². The molecular formula is C21H22N2O6S. The number of para-hydroxylation sites is 1. The second kappa shape index (κ2) is 8.37. The number of hydrogen-bond donors (Lipinski definition) is 0. The van der Waals surface area contributed by atoms with Crippen LogP contribution in [-0.4, -0.2) is 62.0 Å². The predicted octanol–water partition coefficient (Wildman–Crippen LogP) is 1.96. The van der Waals surface area contributed by atoms with Crippen molar-refractivity contribution in [3.63, 3.8) is 0 Å². The van der Waals surface area contributed by atoms with Gasteiger partial charge in [0.1, 0.15) is 5.75 Å². The number of Topliss-reactive ketones (excluding diaryl/α,β-unsaturated/α-hetero) is 1. The van der Waals surface area contributed by atoms with Crippen LogP contribution in [0.25, 0.3) is 0 Å². The molecular weight excluding hydrogens is 408 g/mol. The molecule has 0 aliphatic carbocycles. The Morgan fingerprint density at radius 3 is 2.47 bits per heavy atom. The van der Waals surface area contributed by atoms with Crippen LogP contribution in [0.2, 0.25) is 0 Å². The molecule has 8 nitrogen and oxygen atoms in total. The van der Waals surface area contributed by atoms with Crippen LogP contribution in [0.5, 0.6) is 5.75 Å². The van der Waals surface area contributed by atoms with Crippen molar-refractivity contribution in [1.82, 2.24) is 9.21 Å². The molecule has 0 fully saturated rings. The zero-order valence-electron chi connectivity index (χ0n) is 16.9. The maximum Gasteiger partial charge on any atom is 0.270 e. The first-order valence-corrected chi connectivity index (χ1v) is 10.8. The number of ketones is 1. The van der Waals surface area contributed by atoms with Crippen molar-refractivity contribution in [1.29, 1.82) is 0 Å². The van der Waals surface area contributed by atoms with E-state index in [0.29, 0.717) is 6.42 Å². The molecule has 1 heterocycles. The molecule has 1 aliphatic heterocycles. The van der Waals surface area contributed by atoms with E-state index >= 15 is 0 Å². The molecule has 0 unspecified atom stereocenters. The summed E-state index contributed by atoms with van der Waals surface area (Å²) in [6.45, 7) is 1.23. The number of hydrogen-bond acceptors (Lipinski definition) is 6. The van der Waals surface area contributed by atoms with Crippen LogP contribution in [0, 0.1) is 0 Å². The molecule has 1 atom stereocenters. The normalized spacial score (nSPS) is 16.8. The van der Waals surface area contributed by atoms with Crippen molar-refractivity contribution < 1.29 is 27.5 Å². The topological polar surface area (TPSA) is 101 Å². The minimum Gasteiger partial charge on any atom is -0.480 e. The van der Waals surface area contributed by atoms with E-state index in [9.17, 15) is 22.8 Å². The Labute approximate surface area is 175 Å². The Bertz CT molecular complexity index is 1110. The van der Waals surface area contributed by atoms with E-state index in [0.717, 1.165) is 9.21 Å². The molecule has 3 rings (SSSR count). The van der Waals surface area contributed by atoms with Gasteiger partial charge < -0.3 is 4.74 Å². The van der Waals surface area contributed by atoms with Crippen molar-refractivity contribution >= 4 is 27.6 Å². The molecule has 1 aliphatic rings. The minimum absolute atomic E-state index is 0.0491.